The second-order valence-corrected chi connectivity index (χ2v) is 10.7. The van der Waals surface area contributed by atoms with Gasteiger partial charge in [0.1, 0.15) is 11.6 Å². The summed E-state index contributed by atoms with van der Waals surface area (Å²) in [6.45, 7) is 6.17. The van der Waals surface area contributed by atoms with Crippen LogP contribution in [0.4, 0.5) is 4.39 Å². The molecule has 5 rings (SSSR count). The van der Waals surface area contributed by atoms with Gasteiger partial charge in [0.2, 0.25) is 5.43 Å². The quantitative estimate of drug-likeness (QED) is 0.257. The number of H-pyrrole nitrogens is 1. The van der Waals surface area contributed by atoms with Gasteiger partial charge in [-0.2, -0.15) is 0 Å². The van der Waals surface area contributed by atoms with Crippen LogP contribution >= 0.6 is 22.9 Å². The van der Waals surface area contributed by atoms with E-state index in [0.29, 0.717) is 49.6 Å². The van der Waals surface area contributed by atoms with Gasteiger partial charge in [0.15, 0.2) is 5.75 Å². The third-order valence-corrected chi connectivity index (χ3v) is 7.91. The van der Waals surface area contributed by atoms with E-state index in [2.05, 4.69) is 11.6 Å². The van der Waals surface area contributed by atoms with Crippen molar-refractivity contribution in [3.8, 4) is 22.8 Å². The number of aryl methyl sites for hydroxylation is 1. The standard InChI is InChI=1S/C31H26ClFN2O4S/c1-18(30-31(37)34-19(2)40-30)21-11-14-26(24(32)17-21)38-15-6-16-39-29-27(20-9-12-22(33)13-10-20)35(3)25-8-5-4-7-23(25)28(29)36/h4-5,7-14,17H,2,6,15-16H2,1,3H3,(H,34,37)/b30-18+. The lowest BCUT2D eigenvalue weighted by atomic mass is 10.1. The Labute approximate surface area is 238 Å². The molecule has 0 fully saturated rings. The van der Waals surface area contributed by atoms with E-state index in [-0.39, 0.29) is 29.2 Å². The highest BCUT2D eigenvalue weighted by Crippen LogP contribution is 2.31. The van der Waals surface area contributed by atoms with Crippen LogP contribution in [0.1, 0.15) is 18.9 Å². The largest absolute Gasteiger partial charge is 0.492 e. The van der Waals surface area contributed by atoms with Crippen molar-refractivity contribution < 1.29 is 13.9 Å². The summed E-state index contributed by atoms with van der Waals surface area (Å²) in [5.41, 5.74) is 3.22. The third-order valence-electron chi connectivity index (χ3n) is 6.57. The van der Waals surface area contributed by atoms with Crippen LogP contribution in [0, 0.1) is 5.82 Å². The van der Waals surface area contributed by atoms with Crippen LogP contribution < -0.4 is 29.7 Å². The Morgan fingerprint density at radius 1 is 1.05 bits per heavy atom. The molecule has 0 amide bonds. The number of halogens is 2. The summed E-state index contributed by atoms with van der Waals surface area (Å²) in [5, 5.41) is 0.958. The first kappa shape index (κ1) is 27.4. The Kier molecular flexibility index (Phi) is 7.91. The Hall–Kier alpha value is -4.14. The van der Waals surface area contributed by atoms with Gasteiger partial charge < -0.3 is 19.0 Å². The average Bonchev–Trinajstić information content (AvgIpc) is 3.29. The predicted molar refractivity (Wildman–Crippen MR) is 160 cm³/mol. The van der Waals surface area contributed by atoms with Crippen molar-refractivity contribution >= 4 is 46.0 Å². The average molecular weight is 577 g/mol. The molecule has 40 heavy (non-hydrogen) atoms. The van der Waals surface area contributed by atoms with Crippen molar-refractivity contribution in [1.29, 1.82) is 0 Å². The second kappa shape index (κ2) is 11.5. The molecule has 0 atom stereocenters. The topological polar surface area (TPSA) is 73.3 Å². The first-order valence-electron chi connectivity index (χ1n) is 12.6. The molecule has 0 aliphatic carbocycles. The molecule has 0 unspecified atom stereocenters. The summed E-state index contributed by atoms with van der Waals surface area (Å²) < 4.78 is 28.6. The van der Waals surface area contributed by atoms with Gasteiger partial charge >= 0.3 is 0 Å². The van der Waals surface area contributed by atoms with E-state index in [0.717, 1.165) is 16.7 Å². The molecule has 9 heteroatoms. The molecule has 3 aromatic carbocycles. The molecule has 0 saturated heterocycles. The molecule has 0 saturated carbocycles. The number of para-hydroxylation sites is 1. The lowest BCUT2D eigenvalue weighted by Crippen LogP contribution is -2.22. The smallest absolute Gasteiger partial charge is 0.266 e. The van der Waals surface area contributed by atoms with Gasteiger partial charge in [0.25, 0.3) is 5.56 Å². The van der Waals surface area contributed by atoms with E-state index in [1.54, 1.807) is 30.3 Å². The fourth-order valence-electron chi connectivity index (χ4n) is 4.55. The number of rotatable bonds is 8. The molecule has 2 heterocycles. The van der Waals surface area contributed by atoms with Crippen LogP contribution in [0.15, 0.2) is 76.3 Å². The number of hydrogen-bond donors (Lipinski definition) is 1. The number of fused-ring (bicyclic) bond motifs is 1. The number of aromatic amines is 1. The van der Waals surface area contributed by atoms with Crippen molar-refractivity contribution in [1.82, 2.24) is 9.55 Å². The van der Waals surface area contributed by atoms with Crippen molar-refractivity contribution in [3.63, 3.8) is 0 Å². The predicted octanol–water partition coefficient (Wildman–Crippen LogP) is 5.22. The zero-order chi connectivity index (χ0) is 28.4. The molecule has 6 nitrogen and oxygen atoms in total. The second-order valence-electron chi connectivity index (χ2n) is 9.22. The molecule has 0 bridgehead atoms. The van der Waals surface area contributed by atoms with Gasteiger partial charge in [-0.1, -0.05) is 36.4 Å². The molecule has 204 valence electrons. The Bertz CT molecular complexity index is 1940. The zero-order valence-electron chi connectivity index (χ0n) is 21.9. The zero-order valence-corrected chi connectivity index (χ0v) is 23.5. The fraction of sp³-hybridized carbons (Fsp3) is 0.161. The molecule has 0 aliphatic heterocycles. The van der Waals surface area contributed by atoms with Crippen molar-refractivity contribution in [3.05, 3.63) is 113 Å². The number of thiazole rings is 1. The number of nitrogens with zero attached hydrogens (tertiary/aromatic N) is 1. The van der Waals surface area contributed by atoms with Crippen molar-refractivity contribution in [2.75, 3.05) is 13.2 Å². The summed E-state index contributed by atoms with van der Waals surface area (Å²) in [5.74, 6) is 0.349. The number of pyridine rings is 1. The summed E-state index contributed by atoms with van der Waals surface area (Å²) in [7, 11) is 1.86. The van der Waals surface area contributed by atoms with Gasteiger partial charge in [-0.15, -0.1) is 11.3 Å². The summed E-state index contributed by atoms with van der Waals surface area (Å²) in [6, 6.07) is 18.7. The van der Waals surface area contributed by atoms with Gasteiger partial charge in [-0.25, -0.2) is 4.39 Å². The molecule has 0 spiro atoms. The van der Waals surface area contributed by atoms with Gasteiger partial charge in [-0.3, -0.25) is 9.59 Å². The number of aromatic nitrogens is 2. The summed E-state index contributed by atoms with van der Waals surface area (Å²) in [6.07, 6.45) is 0.485. The first-order valence-corrected chi connectivity index (χ1v) is 13.8. The van der Waals surface area contributed by atoms with Gasteiger partial charge in [0, 0.05) is 24.4 Å². The number of ether oxygens (including phenoxy) is 2. The fourth-order valence-corrected chi connectivity index (χ4v) is 5.59. The lowest BCUT2D eigenvalue weighted by molar-refractivity contribution is 0.246. The van der Waals surface area contributed by atoms with E-state index in [9.17, 15) is 14.0 Å². The Morgan fingerprint density at radius 2 is 1.77 bits per heavy atom. The molecule has 1 N–H and O–H groups in total. The molecule has 5 aromatic rings. The minimum atomic E-state index is -0.360. The highest BCUT2D eigenvalue weighted by atomic mass is 35.5. The lowest BCUT2D eigenvalue weighted by Gasteiger charge is -2.18. The van der Waals surface area contributed by atoms with Gasteiger partial charge in [0.05, 0.1) is 38.6 Å². The third kappa shape index (κ3) is 5.46. The monoisotopic (exact) mass is 576 g/mol. The molecular formula is C31H26ClFN2O4S. The van der Waals surface area contributed by atoms with Crippen molar-refractivity contribution in [2.24, 2.45) is 7.05 Å². The van der Waals surface area contributed by atoms with Crippen LogP contribution in [-0.2, 0) is 7.05 Å². The van der Waals surface area contributed by atoms with E-state index < -0.39 is 0 Å². The number of hydrogen-bond acceptors (Lipinski definition) is 5. The number of benzene rings is 3. The van der Waals surface area contributed by atoms with Crippen LogP contribution in [-0.4, -0.2) is 22.8 Å². The SMILES string of the molecule is C=c1[nH]c(=O)/c(=C(/C)c2ccc(OCCCOc3c(-c4ccc(F)cc4)n(C)c4ccccc4c3=O)c(Cl)c2)s1. The van der Waals surface area contributed by atoms with Crippen LogP contribution in [0.2, 0.25) is 5.02 Å². The molecule has 0 aliphatic rings. The maximum atomic E-state index is 13.6. The Morgan fingerprint density at radius 3 is 2.48 bits per heavy atom. The number of nitrogens with one attached hydrogen (secondary N) is 1. The highest BCUT2D eigenvalue weighted by Gasteiger charge is 2.18. The maximum absolute atomic E-state index is 13.6. The van der Waals surface area contributed by atoms with Crippen LogP contribution in [0.3, 0.4) is 0 Å². The summed E-state index contributed by atoms with van der Waals surface area (Å²) in [4.78, 5) is 28.2. The minimum Gasteiger partial charge on any atom is -0.492 e. The summed E-state index contributed by atoms with van der Waals surface area (Å²) >= 11 is 7.78. The maximum Gasteiger partial charge on any atom is 0.266 e. The highest BCUT2D eigenvalue weighted by molar-refractivity contribution is 7.07. The molecule has 0 radical (unpaired) electrons. The molecule has 2 aromatic heterocycles. The van der Waals surface area contributed by atoms with E-state index in [1.807, 2.05) is 42.8 Å². The van der Waals surface area contributed by atoms with Gasteiger partial charge in [-0.05, 0) is 66.6 Å². The normalized spacial score (nSPS) is 12.0. The Balaban J connectivity index is 1.31. The van der Waals surface area contributed by atoms with Crippen LogP contribution in [0.25, 0.3) is 34.3 Å². The molecular weight excluding hydrogens is 551 g/mol. The van der Waals surface area contributed by atoms with Crippen LogP contribution in [0.5, 0.6) is 11.5 Å². The van der Waals surface area contributed by atoms with E-state index >= 15 is 0 Å². The van der Waals surface area contributed by atoms with Crippen molar-refractivity contribution in [2.45, 2.75) is 13.3 Å². The van der Waals surface area contributed by atoms with E-state index in [4.69, 9.17) is 21.1 Å². The first-order chi connectivity index (χ1) is 19.2. The minimum absolute atomic E-state index is 0.173. The van der Waals surface area contributed by atoms with E-state index in [1.165, 1.54) is 23.5 Å².